The summed E-state index contributed by atoms with van der Waals surface area (Å²) in [6.07, 6.45) is 1.58. The molecule has 0 saturated carbocycles. The number of hydrogen-bond acceptors (Lipinski definition) is 5. The number of aromatic nitrogens is 3. The van der Waals surface area contributed by atoms with E-state index < -0.39 is 6.03 Å². The van der Waals surface area contributed by atoms with Gasteiger partial charge in [0.25, 0.3) is 0 Å². The zero-order valence-corrected chi connectivity index (χ0v) is 12.5. The van der Waals surface area contributed by atoms with Crippen LogP contribution in [0.4, 0.5) is 15.9 Å². The van der Waals surface area contributed by atoms with Crippen LogP contribution in [0.15, 0.2) is 30.5 Å². The first-order chi connectivity index (χ1) is 10.1. The lowest BCUT2D eigenvalue weighted by Crippen LogP contribution is -2.20. The van der Waals surface area contributed by atoms with Gasteiger partial charge in [-0.2, -0.15) is 0 Å². The van der Waals surface area contributed by atoms with Crippen molar-refractivity contribution in [2.24, 2.45) is 0 Å². The Morgan fingerprint density at radius 1 is 1.24 bits per heavy atom. The Labute approximate surface area is 129 Å². The Kier molecular flexibility index (Phi) is 3.68. The Morgan fingerprint density at radius 2 is 2.10 bits per heavy atom. The number of nitrogens with one attached hydrogen (secondary N) is 2. The van der Waals surface area contributed by atoms with Crippen molar-refractivity contribution in [2.75, 3.05) is 10.6 Å². The van der Waals surface area contributed by atoms with Gasteiger partial charge in [0.2, 0.25) is 5.95 Å². The maximum Gasteiger partial charge on any atom is 0.327 e. The number of thiazole rings is 1. The molecule has 6 nitrogen and oxygen atoms in total. The van der Waals surface area contributed by atoms with E-state index >= 15 is 0 Å². The van der Waals surface area contributed by atoms with E-state index in [-0.39, 0.29) is 5.95 Å². The average Bonchev–Trinajstić information content (AvgIpc) is 2.82. The molecule has 0 aliphatic carbocycles. The zero-order valence-electron chi connectivity index (χ0n) is 10.9. The van der Waals surface area contributed by atoms with Gasteiger partial charge in [-0.15, -0.1) is 0 Å². The molecular weight excluding hydrogens is 310 g/mol. The largest absolute Gasteiger partial charge is 0.327 e. The number of benzene rings is 1. The first-order valence-corrected chi connectivity index (χ1v) is 7.24. The number of nitrogens with zero attached hydrogens (tertiary/aromatic N) is 3. The van der Waals surface area contributed by atoms with Crippen molar-refractivity contribution in [3.05, 3.63) is 41.2 Å². The maximum absolute atomic E-state index is 11.9. The van der Waals surface area contributed by atoms with Crippen molar-refractivity contribution >= 4 is 50.3 Å². The lowest BCUT2D eigenvalue weighted by molar-refractivity contribution is 0.262. The normalized spacial score (nSPS) is 10.6. The SMILES string of the molecule is Cc1ccnc(NC(=O)Nc2nc3c(Cl)cccc3s2)n1. The molecule has 2 heterocycles. The van der Waals surface area contributed by atoms with E-state index in [2.05, 4.69) is 25.6 Å². The summed E-state index contributed by atoms with van der Waals surface area (Å²) in [7, 11) is 0. The number of aryl methyl sites for hydroxylation is 1. The summed E-state index contributed by atoms with van der Waals surface area (Å²) in [6, 6.07) is 6.79. The van der Waals surface area contributed by atoms with Crippen LogP contribution < -0.4 is 10.6 Å². The fourth-order valence-electron chi connectivity index (χ4n) is 1.71. The topological polar surface area (TPSA) is 79.8 Å². The average molecular weight is 320 g/mol. The van der Waals surface area contributed by atoms with Gasteiger partial charge in [-0.3, -0.25) is 10.6 Å². The molecule has 2 N–H and O–H groups in total. The van der Waals surface area contributed by atoms with Gasteiger partial charge in [-0.05, 0) is 25.1 Å². The molecule has 3 rings (SSSR count). The predicted molar refractivity (Wildman–Crippen MR) is 84.0 cm³/mol. The van der Waals surface area contributed by atoms with Crippen LogP contribution in [-0.4, -0.2) is 21.0 Å². The van der Waals surface area contributed by atoms with E-state index in [0.717, 1.165) is 10.4 Å². The fraction of sp³-hybridized carbons (Fsp3) is 0.0769. The van der Waals surface area contributed by atoms with E-state index in [1.807, 2.05) is 19.1 Å². The molecule has 0 atom stereocenters. The quantitative estimate of drug-likeness (QED) is 0.755. The minimum Gasteiger partial charge on any atom is -0.283 e. The molecule has 0 fully saturated rings. The van der Waals surface area contributed by atoms with Crippen molar-refractivity contribution in [1.82, 2.24) is 15.0 Å². The summed E-state index contributed by atoms with van der Waals surface area (Å²) < 4.78 is 0.907. The van der Waals surface area contributed by atoms with Gasteiger partial charge < -0.3 is 0 Å². The van der Waals surface area contributed by atoms with Crippen molar-refractivity contribution < 1.29 is 4.79 Å². The van der Waals surface area contributed by atoms with E-state index in [1.165, 1.54) is 11.3 Å². The van der Waals surface area contributed by atoms with E-state index in [0.29, 0.717) is 15.7 Å². The van der Waals surface area contributed by atoms with Gasteiger partial charge in [-0.25, -0.2) is 19.7 Å². The van der Waals surface area contributed by atoms with Gasteiger partial charge >= 0.3 is 6.03 Å². The summed E-state index contributed by atoms with van der Waals surface area (Å²) in [5.74, 6) is 0.242. The van der Waals surface area contributed by atoms with Crippen molar-refractivity contribution in [2.45, 2.75) is 6.92 Å². The van der Waals surface area contributed by atoms with E-state index in [9.17, 15) is 4.79 Å². The third-order valence-corrected chi connectivity index (χ3v) is 3.85. The highest BCUT2D eigenvalue weighted by Crippen LogP contribution is 2.30. The number of fused-ring (bicyclic) bond motifs is 1. The third kappa shape index (κ3) is 3.09. The second-order valence-electron chi connectivity index (χ2n) is 4.21. The molecule has 2 amide bonds. The van der Waals surface area contributed by atoms with Gasteiger partial charge in [0, 0.05) is 11.9 Å². The van der Waals surface area contributed by atoms with Crippen molar-refractivity contribution in [3.63, 3.8) is 0 Å². The Bertz CT molecular complexity index is 819. The summed E-state index contributed by atoms with van der Waals surface area (Å²) in [5.41, 5.74) is 1.44. The number of hydrogen-bond donors (Lipinski definition) is 2. The zero-order chi connectivity index (χ0) is 14.8. The van der Waals surface area contributed by atoms with Crippen LogP contribution in [0.2, 0.25) is 5.02 Å². The highest BCUT2D eigenvalue weighted by molar-refractivity contribution is 7.22. The minimum atomic E-state index is -0.448. The fourth-order valence-corrected chi connectivity index (χ4v) is 2.87. The summed E-state index contributed by atoms with van der Waals surface area (Å²) >= 11 is 7.40. The van der Waals surface area contributed by atoms with E-state index in [1.54, 1.807) is 18.3 Å². The number of urea groups is 1. The minimum absolute atomic E-state index is 0.242. The molecule has 3 aromatic rings. The number of para-hydroxylation sites is 1. The molecule has 21 heavy (non-hydrogen) atoms. The van der Waals surface area contributed by atoms with Crippen LogP contribution in [0.1, 0.15) is 5.69 Å². The molecule has 0 bridgehead atoms. The number of rotatable bonds is 2. The first kappa shape index (κ1) is 13.7. The molecule has 106 valence electrons. The van der Waals surface area contributed by atoms with Crippen LogP contribution in [0.25, 0.3) is 10.2 Å². The molecule has 0 saturated heterocycles. The van der Waals surface area contributed by atoms with Crippen LogP contribution in [0.5, 0.6) is 0 Å². The Balaban J connectivity index is 1.75. The number of anilines is 2. The van der Waals surface area contributed by atoms with Gasteiger partial charge in [0.15, 0.2) is 5.13 Å². The molecule has 8 heteroatoms. The smallest absolute Gasteiger partial charge is 0.283 e. The van der Waals surface area contributed by atoms with Gasteiger partial charge in [0.05, 0.1) is 9.72 Å². The molecular formula is C13H10ClN5OS. The standard InChI is InChI=1S/C13H10ClN5OS/c1-7-5-6-15-11(16-7)18-12(20)19-13-17-10-8(14)3-2-4-9(10)21-13/h2-6H,1H3,(H2,15,16,17,18,19,20). The highest BCUT2D eigenvalue weighted by atomic mass is 35.5. The third-order valence-electron chi connectivity index (χ3n) is 2.61. The molecule has 1 aromatic carbocycles. The lowest BCUT2D eigenvalue weighted by atomic mass is 10.3. The number of halogens is 1. The summed E-state index contributed by atoms with van der Waals surface area (Å²) in [5, 5.41) is 6.21. The van der Waals surface area contributed by atoms with Crippen LogP contribution >= 0.6 is 22.9 Å². The number of carbonyl (C=O) groups excluding carboxylic acids is 1. The Morgan fingerprint density at radius 3 is 2.86 bits per heavy atom. The first-order valence-electron chi connectivity index (χ1n) is 6.04. The van der Waals surface area contributed by atoms with Crippen LogP contribution in [0, 0.1) is 6.92 Å². The molecule has 2 aromatic heterocycles. The molecule has 0 radical (unpaired) electrons. The number of carbonyl (C=O) groups is 1. The number of amides is 2. The summed E-state index contributed by atoms with van der Waals surface area (Å²) in [4.78, 5) is 24.2. The maximum atomic E-state index is 11.9. The molecule has 0 spiro atoms. The molecule has 0 unspecified atom stereocenters. The van der Waals surface area contributed by atoms with Crippen molar-refractivity contribution in [3.8, 4) is 0 Å². The van der Waals surface area contributed by atoms with Crippen LogP contribution in [0.3, 0.4) is 0 Å². The second kappa shape index (κ2) is 5.63. The van der Waals surface area contributed by atoms with Crippen molar-refractivity contribution in [1.29, 1.82) is 0 Å². The van der Waals surface area contributed by atoms with Crippen LogP contribution in [-0.2, 0) is 0 Å². The monoisotopic (exact) mass is 319 g/mol. The van der Waals surface area contributed by atoms with E-state index in [4.69, 9.17) is 11.6 Å². The molecule has 0 aliphatic rings. The van der Waals surface area contributed by atoms with Gasteiger partial charge in [0.1, 0.15) is 5.52 Å². The predicted octanol–water partition coefficient (Wildman–Crippen LogP) is 3.69. The lowest BCUT2D eigenvalue weighted by Gasteiger charge is -2.03. The summed E-state index contributed by atoms with van der Waals surface area (Å²) in [6.45, 7) is 1.82. The Hall–Kier alpha value is -2.25. The second-order valence-corrected chi connectivity index (χ2v) is 5.64. The molecule has 0 aliphatic heterocycles. The van der Waals surface area contributed by atoms with Gasteiger partial charge in [-0.1, -0.05) is 29.0 Å². The highest BCUT2D eigenvalue weighted by Gasteiger charge is 2.10.